The third-order valence-corrected chi connectivity index (χ3v) is 3.82. The van der Waals surface area contributed by atoms with Crippen LogP contribution in [0.4, 0.5) is 0 Å². The van der Waals surface area contributed by atoms with Gasteiger partial charge in [0.05, 0.1) is 0 Å². The monoisotopic (exact) mass is 242 g/mol. The van der Waals surface area contributed by atoms with Crippen LogP contribution in [0.15, 0.2) is 0 Å². The summed E-state index contributed by atoms with van der Waals surface area (Å²) in [6, 6.07) is 0.964. The molecule has 4 heteroatoms. The number of carbonyl (C=O) groups is 1. The van der Waals surface area contributed by atoms with Crippen molar-refractivity contribution in [3.63, 3.8) is 0 Å². The maximum atomic E-state index is 12.0. The van der Waals surface area contributed by atoms with Crippen LogP contribution in [0.1, 0.15) is 46.5 Å². The van der Waals surface area contributed by atoms with Gasteiger partial charge in [0, 0.05) is 25.7 Å². The van der Waals surface area contributed by atoms with Gasteiger partial charge in [0.1, 0.15) is 5.60 Å². The Labute approximate surface area is 104 Å². The van der Waals surface area contributed by atoms with E-state index in [4.69, 9.17) is 4.74 Å². The second kappa shape index (κ2) is 6.36. The van der Waals surface area contributed by atoms with Crippen LogP contribution in [0.3, 0.4) is 0 Å². The first-order chi connectivity index (χ1) is 8.01. The number of rotatable bonds is 5. The number of hydrogen-bond donors (Lipinski definition) is 2. The lowest BCUT2D eigenvalue weighted by molar-refractivity contribution is -0.141. The van der Waals surface area contributed by atoms with E-state index in [1.807, 2.05) is 13.8 Å². The predicted molar refractivity (Wildman–Crippen MR) is 69.0 cm³/mol. The highest BCUT2D eigenvalue weighted by Gasteiger charge is 2.31. The lowest BCUT2D eigenvalue weighted by atomic mass is 9.98. The number of ether oxygens (including phenoxy) is 1. The predicted octanol–water partition coefficient (Wildman–Crippen LogP) is 1.45. The number of piperidine rings is 1. The number of hydrogen-bond acceptors (Lipinski definition) is 3. The van der Waals surface area contributed by atoms with Gasteiger partial charge >= 0.3 is 0 Å². The van der Waals surface area contributed by atoms with Crippen LogP contribution in [0, 0.1) is 0 Å². The molecule has 1 aliphatic heterocycles. The minimum absolute atomic E-state index is 0.0115. The quantitative estimate of drug-likeness (QED) is 0.767. The molecule has 1 fully saturated rings. The molecule has 0 saturated carbocycles. The van der Waals surface area contributed by atoms with Gasteiger partial charge in [-0.25, -0.2) is 0 Å². The zero-order valence-electron chi connectivity index (χ0n) is 11.5. The van der Waals surface area contributed by atoms with Crippen LogP contribution >= 0.6 is 0 Å². The largest absolute Gasteiger partial charge is 0.369 e. The third-order valence-electron chi connectivity index (χ3n) is 3.82. The van der Waals surface area contributed by atoms with Gasteiger partial charge in [0.25, 0.3) is 5.91 Å². The first-order valence-corrected chi connectivity index (χ1v) is 6.61. The Morgan fingerprint density at radius 3 is 2.76 bits per heavy atom. The lowest BCUT2D eigenvalue weighted by Crippen LogP contribution is -2.52. The first kappa shape index (κ1) is 14.5. The van der Waals surface area contributed by atoms with Gasteiger partial charge in [-0.3, -0.25) is 4.79 Å². The zero-order chi connectivity index (χ0) is 12.9. The summed E-state index contributed by atoms with van der Waals surface area (Å²) in [5, 5.41) is 6.49. The number of amides is 1. The highest BCUT2D eigenvalue weighted by Crippen LogP contribution is 2.15. The van der Waals surface area contributed by atoms with Crippen molar-refractivity contribution in [1.29, 1.82) is 0 Å². The fraction of sp³-hybridized carbons (Fsp3) is 0.923. The van der Waals surface area contributed by atoms with Crippen LogP contribution in [0.5, 0.6) is 0 Å². The summed E-state index contributed by atoms with van der Waals surface area (Å²) in [7, 11) is 1.59. The molecule has 2 N–H and O–H groups in total. The van der Waals surface area contributed by atoms with Crippen molar-refractivity contribution in [1.82, 2.24) is 10.6 Å². The van der Waals surface area contributed by atoms with Crippen molar-refractivity contribution in [3.05, 3.63) is 0 Å². The molecule has 1 aliphatic rings. The highest BCUT2D eigenvalue weighted by atomic mass is 16.5. The van der Waals surface area contributed by atoms with E-state index in [1.54, 1.807) is 7.11 Å². The Morgan fingerprint density at radius 2 is 2.24 bits per heavy atom. The van der Waals surface area contributed by atoms with Crippen LogP contribution in [0.2, 0.25) is 0 Å². The SMILES string of the molecule is CCC(C)(OC)C(=O)NCC1CCCC(C)N1. The van der Waals surface area contributed by atoms with Gasteiger partial charge in [-0.2, -0.15) is 0 Å². The van der Waals surface area contributed by atoms with Gasteiger partial charge in [-0.05, 0) is 33.1 Å². The smallest absolute Gasteiger partial charge is 0.251 e. The van der Waals surface area contributed by atoms with Crippen LogP contribution in [-0.2, 0) is 9.53 Å². The normalized spacial score (nSPS) is 28.5. The van der Waals surface area contributed by atoms with Crippen molar-refractivity contribution in [3.8, 4) is 0 Å². The van der Waals surface area contributed by atoms with Gasteiger partial charge < -0.3 is 15.4 Å². The molecule has 0 aliphatic carbocycles. The Hall–Kier alpha value is -0.610. The molecule has 1 rings (SSSR count). The van der Waals surface area contributed by atoms with Gasteiger partial charge in [0.2, 0.25) is 0 Å². The summed E-state index contributed by atoms with van der Waals surface area (Å²) in [6.07, 6.45) is 4.30. The van der Waals surface area contributed by atoms with E-state index in [-0.39, 0.29) is 5.91 Å². The van der Waals surface area contributed by atoms with Gasteiger partial charge in [0.15, 0.2) is 0 Å². The van der Waals surface area contributed by atoms with E-state index < -0.39 is 5.60 Å². The van der Waals surface area contributed by atoms with Crippen molar-refractivity contribution < 1.29 is 9.53 Å². The Bertz CT molecular complexity index is 252. The molecule has 17 heavy (non-hydrogen) atoms. The number of methoxy groups -OCH3 is 1. The maximum Gasteiger partial charge on any atom is 0.251 e. The summed E-state index contributed by atoms with van der Waals surface area (Å²) in [5.74, 6) is -0.0115. The molecule has 1 heterocycles. The molecule has 1 amide bonds. The molecule has 0 bridgehead atoms. The molecule has 0 spiro atoms. The van der Waals surface area contributed by atoms with E-state index in [2.05, 4.69) is 17.6 Å². The molecule has 0 radical (unpaired) electrons. The average Bonchev–Trinajstić information content (AvgIpc) is 2.35. The summed E-state index contributed by atoms with van der Waals surface area (Å²) in [5.41, 5.74) is -0.694. The van der Waals surface area contributed by atoms with E-state index >= 15 is 0 Å². The van der Waals surface area contributed by atoms with E-state index in [0.29, 0.717) is 25.0 Å². The molecule has 3 unspecified atom stereocenters. The minimum Gasteiger partial charge on any atom is -0.369 e. The maximum absolute atomic E-state index is 12.0. The van der Waals surface area contributed by atoms with Gasteiger partial charge in [-0.15, -0.1) is 0 Å². The fourth-order valence-corrected chi connectivity index (χ4v) is 2.20. The van der Waals surface area contributed by atoms with Gasteiger partial charge in [-0.1, -0.05) is 13.3 Å². The van der Waals surface area contributed by atoms with Crippen LogP contribution in [-0.4, -0.2) is 37.2 Å². The van der Waals surface area contributed by atoms with E-state index in [1.165, 1.54) is 12.8 Å². The third kappa shape index (κ3) is 3.96. The lowest BCUT2D eigenvalue weighted by Gasteiger charge is -2.31. The minimum atomic E-state index is -0.694. The zero-order valence-corrected chi connectivity index (χ0v) is 11.5. The molecule has 0 aromatic heterocycles. The summed E-state index contributed by atoms with van der Waals surface area (Å²) < 4.78 is 5.28. The topological polar surface area (TPSA) is 50.4 Å². The van der Waals surface area contributed by atoms with E-state index in [0.717, 1.165) is 6.42 Å². The molecule has 0 aromatic carbocycles. The molecule has 100 valence electrons. The standard InChI is InChI=1S/C13H26N2O2/c1-5-13(3,17-4)12(16)14-9-11-8-6-7-10(2)15-11/h10-11,15H,5-9H2,1-4H3,(H,14,16). The number of nitrogens with one attached hydrogen (secondary N) is 2. The molecule has 0 aromatic rings. The summed E-state index contributed by atoms with van der Waals surface area (Å²) in [6.45, 7) is 6.69. The molecular formula is C13H26N2O2. The molecular weight excluding hydrogens is 216 g/mol. The van der Waals surface area contributed by atoms with Crippen LogP contribution < -0.4 is 10.6 Å². The molecule has 3 atom stereocenters. The van der Waals surface area contributed by atoms with Crippen LogP contribution in [0.25, 0.3) is 0 Å². The second-order valence-electron chi connectivity index (χ2n) is 5.19. The Morgan fingerprint density at radius 1 is 1.53 bits per heavy atom. The van der Waals surface area contributed by atoms with Crippen molar-refractivity contribution in [2.24, 2.45) is 0 Å². The summed E-state index contributed by atoms with van der Waals surface area (Å²) in [4.78, 5) is 12.0. The average molecular weight is 242 g/mol. The molecule has 1 saturated heterocycles. The Kier molecular flexibility index (Phi) is 5.40. The van der Waals surface area contributed by atoms with Crippen molar-refractivity contribution in [2.45, 2.75) is 64.1 Å². The first-order valence-electron chi connectivity index (χ1n) is 6.61. The highest BCUT2D eigenvalue weighted by molar-refractivity contribution is 5.84. The van der Waals surface area contributed by atoms with Crippen molar-refractivity contribution >= 4 is 5.91 Å². The number of carbonyl (C=O) groups excluding carboxylic acids is 1. The molecule has 4 nitrogen and oxygen atoms in total. The Balaban J connectivity index is 2.37. The second-order valence-corrected chi connectivity index (χ2v) is 5.19. The van der Waals surface area contributed by atoms with E-state index in [9.17, 15) is 4.79 Å². The summed E-state index contributed by atoms with van der Waals surface area (Å²) >= 11 is 0. The fourth-order valence-electron chi connectivity index (χ4n) is 2.20. The van der Waals surface area contributed by atoms with Crippen molar-refractivity contribution in [2.75, 3.05) is 13.7 Å².